The van der Waals surface area contributed by atoms with Crippen LogP contribution < -0.4 is 4.72 Å². The van der Waals surface area contributed by atoms with E-state index < -0.39 is 15.6 Å². The summed E-state index contributed by atoms with van der Waals surface area (Å²) < 4.78 is 28.6. The van der Waals surface area contributed by atoms with E-state index >= 15 is 0 Å². The molecule has 2 N–H and O–H groups in total. The van der Waals surface area contributed by atoms with Gasteiger partial charge >= 0.3 is 0 Å². The number of nitrogens with one attached hydrogen (secondary N) is 1. The monoisotopic (exact) mass is 321 g/mol. The van der Waals surface area contributed by atoms with Crippen molar-refractivity contribution in [2.45, 2.75) is 23.5 Å². The fourth-order valence-corrected chi connectivity index (χ4v) is 3.63. The molecule has 1 unspecified atom stereocenters. The minimum atomic E-state index is -3.73. The molecule has 2 aromatic rings. The van der Waals surface area contributed by atoms with Gasteiger partial charge in [-0.3, -0.25) is 0 Å². The summed E-state index contributed by atoms with van der Waals surface area (Å²) in [6.07, 6.45) is 4.66. The molecule has 1 aromatic heterocycles. The van der Waals surface area contributed by atoms with Gasteiger partial charge in [-0.2, -0.15) is 0 Å². The first-order chi connectivity index (χ1) is 10.4. The topological polar surface area (TPSA) is 84.2 Å². The van der Waals surface area contributed by atoms with Gasteiger partial charge in [0, 0.05) is 19.8 Å². The van der Waals surface area contributed by atoms with Crippen LogP contribution >= 0.6 is 0 Å². The van der Waals surface area contributed by atoms with E-state index in [1.807, 2.05) is 30.3 Å². The molecule has 1 fully saturated rings. The van der Waals surface area contributed by atoms with Crippen molar-refractivity contribution in [3.05, 3.63) is 48.4 Å². The lowest BCUT2D eigenvalue weighted by molar-refractivity contribution is 0.0185. The second-order valence-corrected chi connectivity index (χ2v) is 7.48. The lowest BCUT2D eigenvalue weighted by Crippen LogP contribution is -2.42. The van der Waals surface area contributed by atoms with Crippen molar-refractivity contribution in [2.75, 3.05) is 6.54 Å². The molecule has 1 aliphatic carbocycles. The second kappa shape index (κ2) is 5.49. The molecule has 7 heteroatoms. The average molecular weight is 321 g/mol. The molecule has 118 valence electrons. The van der Waals surface area contributed by atoms with E-state index in [2.05, 4.69) is 9.71 Å². The highest BCUT2D eigenvalue weighted by molar-refractivity contribution is 7.89. The van der Waals surface area contributed by atoms with Crippen LogP contribution in [0.4, 0.5) is 0 Å². The van der Waals surface area contributed by atoms with Crippen LogP contribution in [0.15, 0.2) is 47.9 Å². The van der Waals surface area contributed by atoms with E-state index in [4.69, 9.17) is 0 Å². The smallest absolute Gasteiger partial charge is 0.259 e. The summed E-state index contributed by atoms with van der Waals surface area (Å²) in [6.45, 7) is -0.0550. The molecule has 0 bridgehead atoms. The van der Waals surface area contributed by atoms with Gasteiger partial charge in [0.15, 0.2) is 5.03 Å². The van der Waals surface area contributed by atoms with Crippen molar-refractivity contribution >= 4 is 10.0 Å². The van der Waals surface area contributed by atoms with Crippen LogP contribution in [0.1, 0.15) is 18.4 Å². The highest BCUT2D eigenvalue weighted by Crippen LogP contribution is 2.45. The Morgan fingerprint density at radius 2 is 2.05 bits per heavy atom. The molecule has 0 amide bonds. The maximum atomic E-state index is 12.3. The first-order valence-electron chi connectivity index (χ1n) is 7.17. The van der Waals surface area contributed by atoms with Gasteiger partial charge in [0.25, 0.3) is 10.0 Å². The van der Waals surface area contributed by atoms with Gasteiger partial charge in [-0.1, -0.05) is 30.3 Å². The molecule has 0 aliphatic heterocycles. The predicted octanol–water partition coefficient (Wildman–Crippen LogP) is 0.996. The van der Waals surface area contributed by atoms with Crippen LogP contribution in [0.2, 0.25) is 0 Å². The largest absolute Gasteiger partial charge is 0.383 e. The SMILES string of the molecule is Cn1cnc(S(=O)(=O)NCC(O)(c2ccccc2)C2CC2)c1. The number of aromatic nitrogens is 2. The Morgan fingerprint density at radius 1 is 1.36 bits per heavy atom. The van der Waals surface area contributed by atoms with Gasteiger partial charge in [-0.05, 0) is 24.3 Å². The van der Waals surface area contributed by atoms with E-state index in [-0.39, 0.29) is 17.5 Å². The first kappa shape index (κ1) is 15.2. The molecule has 3 rings (SSSR count). The van der Waals surface area contributed by atoms with Crippen molar-refractivity contribution in [1.82, 2.24) is 14.3 Å². The van der Waals surface area contributed by atoms with Crippen LogP contribution in [-0.2, 0) is 22.7 Å². The molecule has 6 nitrogen and oxygen atoms in total. The van der Waals surface area contributed by atoms with Gasteiger partial charge in [0.1, 0.15) is 5.60 Å². The van der Waals surface area contributed by atoms with Crippen LogP contribution in [0.25, 0.3) is 0 Å². The zero-order chi connectivity index (χ0) is 15.8. The number of hydrogen-bond donors (Lipinski definition) is 2. The van der Waals surface area contributed by atoms with Gasteiger partial charge in [-0.25, -0.2) is 18.1 Å². The number of sulfonamides is 1. The second-order valence-electron chi connectivity index (χ2n) is 5.77. The fourth-order valence-electron chi connectivity index (χ4n) is 2.58. The number of aliphatic hydroxyl groups is 1. The summed E-state index contributed by atoms with van der Waals surface area (Å²) in [5.74, 6) is 0.0846. The maximum absolute atomic E-state index is 12.3. The van der Waals surface area contributed by atoms with E-state index in [0.717, 1.165) is 18.4 Å². The number of aryl methyl sites for hydroxylation is 1. The summed E-state index contributed by atoms with van der Waals surface area (Å²) in [7, 11) is -2.02. The van der Waals surface area contributed by atoms with E-state index in [1.165, 1.54) is 12.5 Å². The number of benzene rings is 1. The Bertz CT molecular complexity index is 753. The number of rotatable bonds is 6. The minimum absolute atomic E-state index is 0.0405. The predicted molar refractivity (Wildman–Crippen MR) is 81.5 cm³/mol. The van der Waals surface area contributed by atoms with Gasteiger partial charge < -0.3 is 9.67 Å². The van der Waals surface area contributed by atoms with Crippen LogP contribution in [-0.4, -0.2) is 29.6 Å². The molecule has 1 saturated carbocycles. The standard InChI is InChI=1S/C15H19N3O3S/c1-18-9-14(16-11-18)22(20,21)17-10-15(19,13-7-8-13)12-5-3-2-4-6-12/h2-6,9,11,13,17,19H,7-8,10H2,1H3. The number of nitrogens with zero attached hydrogens (tertiary/aromatic N) is 2. The van der Waals surface area contributed by atoms with Crippen molar-refractivity contribution < 1.29 is 13.5 Å². The van der Waals surface area contributed by atoms with E-state index in [0.29, 0.717) is 0 Å². The van der Waals surface area contributed by atoms with Crippen molar-refractivity contribution in [1.29, 1.82) is 0 Å². The van der Waals surface area contributed by atoms with Crippen molar-refractivity contribution in [3.8, 4) is 0 Å². The zero-order valence-electron chi connectivity index (χ0n) is 12.3. The molecule has 0 saturated heterocycles. The molecular weight excluding hydrogens is 302 g/mol. The third-order valence-electron chi connectivity index (χ3n) is 4.01. The van der Waals surface area contributed by atoms with Crippen LogP contribution in [0, 0.1) is 5.92 Å². The molecule has 1 atom stereocenters. The summed E-state index contributed by atoms with van der Waals surface area (Å²) in [5, 5.41) is 10.9. The number of imidazole rings is 1. The molecular formula is C15H19N3O3S. The van der Waals surface area contributed by atoms with E-state index in [1.54, 1.807) is 11.6 Å². The van der Waals surface area contributed by atoms with E-state index in [9.17, 15) is 13.5 Å². The van der Waals surface area contributed by atoms with Gasteiger partial charge in [-0.15, -0.1) is 0 Å². The quantitative estimate of drug-likeness (QED) is 0.831. The summed E-state index contributed by atoms with van der Waals surface area (Å²) in [6, 6.07) is 9.21. The van der Waals surface area contributed by atoms with Gasteiger partial charge in [0.05, 0.1) is 6.33 Å². The van der Waals surface area contributed by atoms with Crippen molar-refractivity contribution in [3.63, 3.8) is 0 Å². The summed E-state index contributed by atoms with van der Waals surface area (Å²) >= 11 is 0. The van der Waals surface area contributed by atoms with Crippen molar-refractivity contribution in [2.24, 2.45) is 13.0 Å². The summed E-state index contributed by atoms with van der Waals surface area (Å²) in [4.78, 5) is 3.85. The average Bonchev–Trinajstić information content (AvgIpc) is 3.28. The Kier molecular flexibility index (Phi) is 3.80. The zero-order valence-corrected chi connectivity index (χ0v) is 13.1. The molecule has 22 heavy (non-hydrogen) atoms. The van der Waals surface area contributed by atoms with Gasteiger partial charge in [0.2, 0.25) is 0 Å². The lowest BCUT2D eigenvalue weighted by atomic mass is 9.89. The third-order valence-corrected chi connectivity index (χ3v) is 5.30. The minimum Gasteiger partial charge on any atom is -0.383 e. The maximum Gasteiger partial charge on any atom is 0.259 e. The molecule has 1 aromatic carbocycles. The first-order valence-corrected chi connectivity index (χ1v) is 8.66. The lowest BCUT2D eigenvalue weighted by Gasteiger charge is -2.29. The molecule has 0 radical (unpaired) electrons. The molecule has 1 heterocycles. The number of hydrogen-bond acceptors (Lipinski definition) is 4. The highest BCUT2D eigenvalue weighted by atomic mass is 32.2. The Labute approximate surface area is 129 Å². The molecule has 0 spiro atoms. The highest BCUT2D eigenvalue weighted by Gasteiger charge is 2.45. The summed E-state index contributed by atoms with van der Waals surface area (Å²) in [5.41, 5.74) is -0.440. The van der Waals surface area contributed by atoms with Crippen LogP contribution in [0.5, 0.6) is 0 Å². The fraction of sp³-hybridized carbons (Fsp3) is 0.400. The Balaban J connectivity index is 1.81. The normalized spacial score (nSPS) is 18.1. The Hall–Kier alpha value is -1.70. The van der Waals surface area contributed by atoms with Crippen LogP contribution in [0.3, 0.4) is 0 Å². The third kappa shape index (κ3) is 2.92. The molecule has 1 aliphatic rings. The Morgan fingerprint density at radius 3 is 2.59 bits per heavy atom.